The van der Waals surface area contributed by atoms with Gasteiger partial charge in [0.1, 0.15) is 11.5 Å². The summed E-state index contributed by atoms with van der Waals surface area (Å²) in [6.07, 6.45) is 1.86. The fourth-order valence-electron chi connectivity index (χ4n) is 3.24. The summed E-state index contributed by atoms with van der Waals surface area (Å²) in [6, 6.07) is 16.6. The van der Waals surface area contributed by atoms with Crippen LogP contribution in [0.2, 0.25) is 0 Å². The highest BCUT2D eigenvalue weighted by atomic mass is 14.9. The van der Waals surface area contributed by atoms with Crippen LogP contribution in [-0.4, -0.2) is 24.9 Å². The van der Waals surface area contributed by atoms with Crippen LogP contribution in [0, 0.1) is 13.8 Å². The van der Waals surface area contributed by atoms with E-state index >= 15 is 0 Å². The minimum absolute atomic E-state index is 0.789. The van der Waals surface area contributed by atoms with E-state index in [1.807, 2.05) is 44.3 Å². The Morgan fingerprint density at radius 3 is 2.12 bits per heavy atom. The van der Waals surface area contributed by atoms with Gasteiger partial charge < -0.3 is 9.97 Å². The second-order valence-electron chi connectivity index (χ2n) is 6.59. The standard InChI is InChI=1S/C21H17N5/c1-12-3-6-18(22-11-12)21-25-17-8-5-15(10-20(17)26-21)14-4-7-16-19(9-14)24-13(2)23-16/h3-11H,1-2H3,(H,23,24)(H,25,26). The topological polar surface area (TPSA) is 70.2 Å². The summed E-state index contributed by atoms with van der Waals surface area (Å²) in [4.78, 5) is 20.3. The summed E-state index contributed by atoms with van der Waals surface area (Å²) in [6.45, 7) is 4.00. The van der Waals surface area contributed by atoms with Gasteiger partial charge in [-0.3, -0.25) is 4.98 Å². The van der Waals surface area contributed by atoms with Crippen molar-refractivity contribution in [3.63, 3.8) is 0 Å². The Hall–Kier alpha value is -3.47. The van der Waals surface area contributed by atoms with Gasteiger partial charge in [-0.15, -0.1) is 0 Å². The molecule has 0 aliphatic heterocycles. The fraction of sp³-hybridized carbons (Fsp3) is 0.0952. The maximum atomic E-state index is 4.67. The van der Waals surface area contributed by atoms with Gasteiger partial charge in [0.25, 0.3) is 0 Å². The van der Waals surface area contributed by atoms with Gasteiger partial charge in [-0.25, -0.2) is 9.97 Å². The van der Waals surface area contributed by atoms with Crippen LogP contribution in [0.15, 0.2) is 54.7 Å². The Morgan fingerprint density at radius 2 is 1.42 bits per heavy atom. The number of aromatic amines is 2. The first-order chi connectivity index (χ1) is 12.7. The molecule has 0 bridgehead atoms. The van der Waals surface area contributed by atoms with Crippen LogP contribution in [0.25, 0.3) is 44.7 Å². The number of hydrogen-bond donors (Lipinski definition) is 2. The Bertz CT molecular complexity index is 1240. The van der Waals surface area contributed by atoms with Gasteiger partial charge in [0, 0.05) is 6.20 Å². The van der Waals surface area contributed by atoms with E-state index in [1.54, 1.807) is 0 Å². The molecule has 0 spiro atoms. The predicted octanol–water partition coefficient (Wildman–Crippen LogP) is 4.79. The number of hydrogen-bond acceptors (Lipinski definition) is 3. The number of nitrogens with zero attached hydrogens (tertiary/aromatic N) is 3. The maximum absolute atomic E-state index is 4.67. The quantitative estimate of drug-likeness (QED) is 0.486. The van der Waals surface area contributed by atoms with Gasteiger partial charge in [0.05, 0.1) is 22.1 Å². The van der Waals surface area contributed by atoms with Crippen molar-refractivity contribution in [3.05, 3.63) is 66.1 Å². The highest BCUT2D eigenvalue weighted by Gasteiger charge is 2.09. The Kier molecular flexibility index (Phi) is 3.15. The van der Waals surface area contributed by atoms with Crippen molar-refractivity contribution in [3.8, 4) is 22.6 Å². The van der Waals surface area contributed by atoms with Crippen molar-refractivity contribution in [2.45, 2.75) is 13.8 Å². The summed E-state index contributed by atoms with van der Waals surface area (Å²) < 4.78 is 0. The molecule has 0 atom stereocenters. The smallest absolute Gasteiger partial charge is 0.157 e. The number of aromatic nitrogens is 5. The monoisotopic (exact) mass is 339 g/mol. The number of aryl methyl sites for hydroxylation is 2. The van der Waals surface area contributed by atoms with Crippen LogP contribution in [0.3, 0.4) is 0 Å². The Labute approximate surface area is 150 Å². The lowest BCUT2D eigenvalue weighted by atomic mass is 10.0. The SMILES string of the molecule is Cc1ccc(-c2nc3ccc(-c4ccc5nc(C)[nH]c5c4)cc3[nH]2)nc1. The number of fused-ring (bicyclic) bond motifs is 2. The van der Waals surface area contributed by atoms with E-state index in [2.05, 4.69) is 49.2 Å². The van der Waals surface area contributed by atoms with E-state index in [9.17, 15) is 0 Å². The number of rotatable bonds is 2. The second-order valence-corrected chi connectivity index (χ2v) is 6.59. The third-order valence-electron chi connectivity index (χ3n) is 4.57. The molecule has 26 heavy (non-hydrogen) atoms. The average molecular weight is 339 g/mol. The van der Waals surface area contributed by atoms with Gasteiger partial charge in [0.2, 0.25) is 0 Å². The molecule has 5 aromatic rings. The molecule has 0 aliphatic rings. The van der Waals surface area contributed by atoms with E-state index in [4.69, 9.17) is 0 Å². The minimum Gasteiger partial charge on any atom is -0.342 e. The fourth-order valence-corrected chi connectivity index (χ4v) is 3.24. The molecule has 126 valence electrons. The van der Waals surface area contributed by atoms with Crippen molar-refractivity contribution in [2.24, 2.45) is 0 Å². The number of H-pyrrole nitrogens is 2. The molecule has 0 amide bonds. The molecule has 3 heterocycles. The zero-order valence-electron chi connectivity index (χ0n) is 14.5. The van der Waals surface area contributed by atoms with Gasteiger partial charge in [-0.2, -0.15) is 0 Å². The molecule has 0 saturated heterocycles. The van der Waals surface area contributed by atoms with Crippen molar-refractivity contribution in [2.75, 3.05) is 0 Å². The van der Waals surface area contributed by atoms with Crippen LogP contribution < -0.4 is 0 Å². The number of benzene rings is 2. The molecule has 0 radical (unpaired) electrons. The molecule has 0 fully saturated rings. The van der Waals surface area contributed by atoms with Crippen LogP contribution in [0.4, 0.5) is 0 Å². The highest BCUT2D eigenvalue weighted by molar-refractivity contribution is 5.87. The summed E-state index contributed by atoms with van der Waals surface area (Å²) in [5.41, 5.74) is 8.24. The number of imidazole rings is 2. The van der Waals surface area contributed by atoms with E-state index in [1.165, 1.54) is 0 Å². The van der Waals surface area contributed by atoms with Crippen molar-refractivity contribution < 1.29 is 0 Å². The molecule has 5 rings (SSSR count). The summed E-state index contributed by atoms with van der Waals surface area (Å²) in [5, 5.41) is 0. The molecule has 2 aromatic carbocycles. The van der Waals surface area contributed by atoms with Gasteiger partial charge >= 0.3 is 0 Å². The first kappa shape index (κ1) is 14.8. The molecule has 0 saturated carbocycles. The maximum Gasteiger partial charge on any atom is 0.157 e. The third kappa shape index (κ3) is 2.45. The number of nitrogens with one attached hydrogen (secondary N) is 2. The highest BCUT2D eigenvalue weighted by Crippen LogP contribution is 2.27. The largest absolute Gasteiger partial charge is 0.342 e. The number of pyridine rings is 1. The summed E-state index contributed by atoms with van der Waals surface area (Å²) in [5.74, 6) is 1.72. The zero-order valence-corrected chi connectivity index (χ0v) is 14.5. The summed E-state index contributed by atoms with van der Waals surface area (Å²) >= 11 is 0. The van der Waals surface area contributed by atoms with Crippen molar-refractivity contribution in [1.82, 2.24) is 24.9 Å². The molecule has 2 N–H and O–H groups in total. The molecular weight excluding hydrogens is 322 g/mol. The molecule has 5 heteroatoms. The van der Waals surface area contributed by atoms with E-state index < -0.39 is 0 Å². The van der Waals surface area contributed by atoms with Gasteiger partial charge in [-0.05, 0) is 60.9 Å². The first-order valence-electron chi connectivity index (χ1n) is 8.55. The molecule has 0 unspecified atom stereocenters. The van der Waals surface area contributed by atoms with Crippen molar-refractivity contribution in [1.29, 1.82) is 0 Å². The van der Waals surface area contributed by atoms with Crippen LogP contribution in [0.1, 0.15) is 11.4 Å². The average Bonchev–Trinajstić information content (AvgIpc) is 3.23. The molecule has 3 aromatic heterocycles. The predicted molar refractivity (Wildman–Crippen MR) is 104 cm³/mol. The van der Waals surface area contributed by atoms with Crippen molar-refractivity contribution >= 4 is 22.1 Å². The molecular formula is C21H17N5. The Morgan fingerprint density at radius 1 is 0.731 bits per heavy atom. The normalized spacial score (nSPS) is 11.5. The molecule has 0 aliphatic carbocycles. The van der Waals surface area contributed by atoms with E-state index in [-0.39, 0.29) is 0 Å². The van der Waals surface area contributed by atoms with Gasteiger partial charge in [-0.1, -0.05) is 18.2 Å². The minimum atomic E-state index is 0.789. The van der Waals surface area contributed by atoms with E-state index in [0.717, 1.165) is 56.1 Å². The van der Waals surface area contributed by atoms with Crippen LogP contribution in [-0.2, 0) is 0 Å². The summed E-state index contributed by atoms with van der Waals surface area (Å²) in [7, 11) is 0. The lowest BCUT2D eigenvalue weighted by Crippen LogP contribution is -1.85. The molecule has 5 nitrogen and oxygen atoms in total. The van der Waals surface area contributed by atoms with Gasteiger partial charge in [0.15, 0.2) is 5.82 Å². The third-order valence-corrected chi connectivity index (χ3v) is 4.57. The lowest BCUT2D eigenvalue weighted by molar-refractivity contribution is 1.17. The second kappa shape index (κ2) is 5.52. The zero-order chi connectivity index (χ0) is 17.7. The van der Waals surface area contributed by atoms with Crippen LogP contribution >= 0.6 is 0 Å². The van der Waals surface area contributed by atoms with Crippen LogP contribution in [0.5, 0.6) is 0 Å². The first-order valence-corrected chi connectivity index (χ1v) is 8.55. The lowest BCUT2D eigenvalue weighted by Gasteiger charge is -2.01. The Balaban J connectivity index is 1.59. The van der Waals surface area contributed by atoms with E-state index in [0.29, 0.717) is 0 Å².